The first-order chi connectivity index (χ1) is 12.0. The molecule has 3 heterocycles. The Hall–Kier alpha value is -2.02. The van der Waals surface area contributed by atoms with Crippen molar-refractivity contribution in [2.24, 2.45) is 5.92 Å². The molecule has 0 aromatic carbocycles. The van der Waals surface area contributed by atoms with Crippen LogP contribution in [0.1, 0.15) is 62.6 Å². The van der Waals surface area contributed by atoms with Gasteiger partial charge in [-0.1, -0.05) is 20.8 Å². The van der Waals surface area contributed by atoms with Gasteiger partial charge in [0.1, 0.15) is 12.0 Å². The fraction of sp³-hybridized carbons (Fsp3) is 0.667. The van der Waals surface area contributed by atoms with Gasteiger partial charge in [-0.2, -0.15) is 10.1 Å². The zero-order valence-corrected chi connectivity index (χ0v) is 15.6. The lowest BCUT2D eigenvalue weighted by Crippen LogP contribution is -2.45. The van der Waals surface area contributed by atoms with Gasteiger partial charge >= 0.3 is 0 Å². The largest absolute Gasteiger partial charge is 0.349 e. The van der Waals surface area contributed by atoms with E-state index in [0.717, 1.165) is 24.7 Å². The van der Waals surface area contributed by atoms with Gasteiger partial charge in [-0.15, -0.1) is 0 Å². The molecule has 0 spiro atoms. The Morgan fingerprint density at radius 2 is 2.04 bits per heavy atom. The number of amides is 1. The molecule has 0 saturated carbocycles. The molecule has 1 aliphatic heterocycles. The monoisotopic (exact) mass is 344 g/mol. The molecule has 1 aliphatic rings. The van der Waals surface area contributed by atoms with E-state index in [4.69, 9.17) is 0 Å². The third-order valence-electron chi connectivity index (χ3n) is 5.10. The van der Waals surface area contributed by atoms with E-state index in [9.17, 15) is 4.79 Å². The number of hydrogen-bond donors (Lipinski definition) is 1. The molecule has 7 heteroatoms. The Morgan fingerprint density at radius 1 is 1.32 bits per heavy atom. The Morgan fingerprint density at radius 3 is 2.72 bits per heavy atom. The predicted molar refractivity (Wildman–Crippen MR) is 96.6 cm³/mol. The number of fused-ring (bicyclic) bond motifs is 1. The van der Waals surface area contributed by atoms with Crippen molar-refractivity contribution in [2.45, 2.75) is 52.5 Å². The number of hydrogen-bond acceptors (Lipinski definition) is 5. The highest BCUT2D eigenvalue weighted by Crippen LogP contribution is 2.18. The van der Waals surface area contributed by atoms with Crippen molar-refractivity contribution in [3.05, 3.63) is 23.8 Å². The quantitative estimate of drug-likeness (QED) is 0.899. The normalized spacial score (nSPS) is 18.0. The zero-order valence-electron chi connectivity index (χ0n) is 15.6. The minimum Gasteiger partial charge on any atom is -0.349 e. The number of carbonyl (C=O) groups excluding carboxylic acids is 1. The average Bonchev–Trinajstić information content (AvgIpc) is 3.07. The van der Waals surface area contributed by atoms with Crippen molar-refractivity contribution in [1.82, 2.24) is 29.8 Å². The van der Waals surface area contributed by atoms with Crippen molar-refractivity contribution >= 4 is 11.7 Å². The van der Waals surface area contributed by atoms with Crippen molar-refractivity contribution in [3.8, 4) is 0 Å². The van der Waals surface area contributed by atoms with Gasteiger partial charge < -0.3 is 5.32 Å². The highest BCUT2D eigenvalue weighted by atomic mass is 16.1. The fourth-order valence-electron chi connectivity index (χ4n) is 3.29. The minimum atomic E-state index is -0.148. The fourth-order valence-corrected chi connectivity index (χ4v) is 3.29. The first-order valence-electron chi connectivity index (χ1n) is 9.18. The molecule has 3 rings (SSSR count). The van der Waals surface area contributed by atoms with Gasteiger partial charge in [-0.3, -0.25) is 9.69 Å². The summed E-state index contributed by atoms with van der Waals surface area (Å²) in [5, 5.41) is 7.22. The van der Waals surface area contributed by atoms with Crippen molar-refractivity contribution < 1.29 is 4.79 Å². The number of nitrogens with one attached hydrogen (secondary N) is 1. The zero-order chi connectivity index (χ0) is 18.0. The summed E-state index contributed by atoms with van der Waals surface area (Å²) in [7, 11) is 0. The van der Waals surface area contributed by atoms with Gasteiger partial charge in [-0.25, -0.2) is 9.50 Å². The van der Waals surface area contributed by atoms with Gasteiger partial charge in [0.15, 0.2) is 0 Å². The van der Waals surface area contributed by atoms with Crippen molar-refractivity contribution in [2.75, 3.05) is 19.6 Å². The number of likely N-dealkylation sites (tertiary alicyclic amines) is 1. The van der Waals surface area contributed by atoms with Gasteiger partial charge in [0, 0.05) is 12.6 Å². The molecule has 1 fully saturated rings. The molecule has 1 saturated heterocycles. The van der Waals surface area contributed by atoms with Gasteiger partial charge in [0.2, 0.25) is 0 Å². The number of aromatic nitrogens is 4. The predicted octanol–water partition coefficient (Wildman–Crippen LogP) is 2.10. The molecule has 2 aromatic heterocycles. The molecule has 1 unspecified atom stereocenters. The van der Waals surface area contributed by atoms with E-state index in [1.54, 1.807) is 4.52 Å². The molecule has 7 nitrogen and oxygen atoms in total. The lowest BCUT2D eigenvalue weighted by Gasteiger charge is -2.34. The standard InChI is InChI=1S/C18H28N6O/c1-12(2)16-9-15(22-18-20-11-21-24(16)18)17(25)19-10-14(4)23-7-5-13(3)6-8-23/h9,11-14H,5-8,10H2,1-4H3,(H,19,25). The van der Waals surface area contributed by atoms with E-state index >= 15 is 0 Å². The molecule has 1 amide bonds. The van der Waals surface area contributed by atoms with Crippen LogP contribution in [0.4, 0.5) is 0 Å². The second-order valence-electron chi connectivity index (χ2n) is 7.47. The van der Waals surface area contributed by atoms with Crippen LogP contribution in [-0.4, -0.2) is 56.1 Å². The van der Waals surface area contributed by atoms with Crippen LogP contribution >= 0.6 is 0 Å². The number of nitrogens with zero attached hydrogens (tertiary/aromatic N) is 5. The number of rotatable bonds is 5. The molecule has 1 N–H and O–H groups in total. The molecule has 25 heavy (non-hydrogen) atoms. The Bertz CT molecular complexity index is 732. The first-order valence-corrected chi connectivity index (χ1v) is 9.18. The Balaban J connectivity index is 1.66. The van der Waals surface area contributed by atoms with Crippen LogP contribution < -0.4 is 5.32 Å². The lowest BCUT2D eigenvalue weighted by atomic mass is 9.98. The average molecular weight is 344 g/mol. The van der Waals surface area contributed by atoms with Crippen LogP contribution in [0.25, 0.3) is 5.78 Å². The van der Waals surface area contributed by atoms with E-state index in [-0.39, 0.29) is 11.8 Å². The molecule has 2 aromatic rings. The minimum absolute atomic E-state index is 0.148. The maximum absolute atomic E-state index is 12.6. The molecule has 0 radical (unpaired) electrons. The van der Waals surface area contributed by atoms with E-state index in [2.05, 4.69) is 53.0 Å². The van der Waals surface area contributed by atoms with Crippen LogP contribution in [0, 0.1) is 5.92 Å². The molecular formula is C18H28N6O. The number of piperidine rings is 1. The van der Waals surface area contributed by atoms with Crippen LogP contribution in [0.3, 0.4) is 0 Å². The lowest BCUT2D eigenvalue weighted by molar-refractivity contribution is 0.0917. The summed E-state index contributed by atoms with van der Waals surface area (Å²) in [4.78, 5) is 23.5. The summed E-state index contributed by atoms with van der Waals surface area (Å²) in [6.07, 6.45) is 3.94. The molecule has 0 bridgehead atoms. The summed E-state index contributed by atoms with van der Waals surface area (Å²) in [6.45, 7) is 11.5. The SMILES string of the molecule is CC1CCN(C(C)CNC(=O)c2cc(C(C)C)n3ncnc3n2)CC1. The summed E-state index contributed by atoms with van der Waals surface area (Å²) >= 11 is 0. The summed E-state index contributed by atoms with van der Waals surface area (Å²) < 4.78 is 1.69. The van der Waals surface area contributed by atoms with Gasteiger partial charge in [0.25, 0.3) is 11.7 Å². The second-order valence-corrected chi connectivity index (χ2v) is 7.47. The first kappa shape index (κ1) is 17.8. The summed E-state index contributed by atoms with van der Waals surface area (Å²) in [5.74, 6) is 1.36. The molecule has 0 aliphatic carbocycles. The maximum atomic E-state index is 12.6. The van der Waals surface area contributed by atoms with Crippen LogP contribution in [0.2, 0.25) is 0 Å². The van der Waals surface area contributed by atoms with E-state index < -0.39 is 0 Å². The van der Waals surface area contributed by atoms with Crippen LogP contribution in [0.5, 0.6) is 0 Å². The molecular weight excluding hydrogens is 316 g/mol. The third-order valence-corrected chi connectivity index (χ3v) is 5.10. The Labute approximate surface area is 148 Å². The van der Waals surface area contributed by atoms with Crippen molar-refractivity contribution in [3.63, 3.8) is 0 Å². The van der Waals surface area contributed by atoms with E-state index in [1.807, 2.05) is 6.07 Å². The summed E-state index contributed by atoms with van der Waals surface area (Å²) in [6, 6.07) is 2.15. The molecule has 136 valence electrons. The second kappa shape index (κ2) is 7.47. The Kier molecular flexibility index (Phi) is 5.32. The third kappa shape index (κ3) is 3.98. The van der Waals surface area contributed by atoms with Crippen LogP contribution in [-0.2, 0) is 0 Å². The highest BCUT2D eigenvalue weighted by Gasteiger charge is 2.21. The number of carbonyl (C=O) groups is 1. The van der Waals surface area contributed by atoms with Crippen LogP contribution in [0.15, 0.2) is 12.4 Å². The topological polar surface area (TPSA) is 75.4 Å². The van der Waals surface area contributed by atoms with E-state index in [0.29, 0.717) is 24.1 Å². The summed E-state index contributed by atoms with van der Waals surface area (Å²) in [5.41, 5.74) is 1.34. The molecule has 1 atom stereocenters. The highest BCUT2D eigenvalue weighted by molar-refractivity contribution is 5.92. The maximum Gasteiger partial charge on any atom is 0.270 e. The smallest absolute Gasteiger partial charge is 0.270 e. The van der Waals surface area contributed by atoms with E-state index in [1.165, 1.54) is 19.2 Å². The van der Waals surface area contributed by atoms with Gasteiger partial charge in [0.05, 0.1) is 5.69 Å². The van der Waals surface area contributed by atoms with Gasteiger partial charge in [-0.05, 0) is 50.8 Å². The van der Waals surface area contributed by atoms with Crippen molar-refractivity contribution in [1.29, 1.82) is 0 Å².